The molecule has 0 aromatic carbocycles. The van der Waals surface area contributed by atoms with E-state index in [-0.39, 0.29) is 0 Å². The number of rotatable bonds is 2. The van der Waals surface area contributed by atoms with Crippen LogP contribution < -0.4 is 0 Å². The van der Waals surface area contributed by atoms with Crippen molar-refractivity contribution < 1.29 is 4.52 Å². The average molecular weight is 178 g/mol. The van der Waals surface area contributed by atoms with Crippen molar-refractivity contribution in [3.05, 3.63) is 18.0 Å². The first-order chi connectivity index (χ1) is 6.39. The summed E-state index contributed by atoms with van der Waals surface area (Å²) in [7, 11) is 0. The molecule has 2 heterocycles. The molecule has 1 spiro atoms. The largest absolute Gasteiger partial charge is 0.364 e. The molecular formula is C10H14N2O. The van der Waals surface area contributed by atoms with Crippen LogP contribution in [-0.2, 0) is 6.54 Å². The van der Waals surface area contributed by atoms with E-state index in [0.717, 1.165) is 12.2 Å². The number of aromatic nitrogens is 1. The molecule has 0 atom stereocenters. The van der Waals surface area contributed by atoms with Gasteiger partial charge in [0.25, 0.3) is 0 Å². The normalized spacial score (nSPS) is 25.5. The van der Waals surface area contributed by atoms with Gasteiger partial charge < -0.3 is 4.52 Å². The smallest absolute Gasteiger partial charge is 0.124 e. The summed E-state index contributed by atoms with van der Waals surface area (Å²) in [6.45, 7) is 2.23. The van der Waals surface area contributed by atoms with E-state index in [1.807, 2.05) is 6.07 Å². The monoisotopic (exact) mass is 178 g/mol. The van der Waals surface area contributed by atoms with Crippen LogP contribution in [0.15, 0.2) is 16.9 Å². The lowest BCUT2D eigenvalue weighted by atomic mass is 9.68. The van der Waals surface area contributed by atoms with Crippen molar-refractivity contribution >= 4 is 0 Å². The van der Waals surface area contributed by atoms with Crippen LogP contribution in [0.2, 0.25) is 0 Å². The first kappa shape index (κ1) is 7.56. The Morgan fingerprint density at radius 3 is 2.85 bits per heavy atom. The number of likely N-dealkylation sites (tertiary alicyclic amines) is 1. The lowest BCUT2D eigenvalue weighted by Crippen LogP contribution is -2.63. The molecule has 1 aromatic rings. The minimum absolute atomic E-state index is 0.582. The molecular weight excluding hydrogens is 164 g/mol. The van der Waals surface area contributed by atoms with Crippen LogP contribution in [0.3, 0.4) is 0 Å². The highest BCUT2D eigenvalue weighted by molar-refractivity contribution is 5.08. The Bertz CT molecular complexity index is 284. The summed E-state index contributed by atoms with van der Waals surface area (Å²) in [6, 6.07) is 1.96. The van der Waals surface area contributed by atoms with Gasteiger partial charge in [0.1, 0.15) is 6.26 Å². The van der Waals surface area contributed by atoms with Crippen molar-refractivity contribution in [3.8, 4) is 0 Å². The third-order valence-corrected chi connectivity index (χ3v) is 3.65. The minimum Gasteiger partial charge on any atom is -0.364 e. The van der Waals surface area contributed by atoms with Gasteiger partial charge in [0.05, 0.1) is 5.69 Å². The fourth-order valence-corrected chi connectivity index (χ4v) is 2.50. The molecule has 1 saturated carbocycles. The van der Waals surface area contributed by atoms with E-state index in [2.05, 4.69) is 10.1 Å². The molecule has 0 amide bonds. The van der Waals surface area contributed by atoms with Crippen LogP contribution in [0.25, 0.3) is 0 Å². The second kappa shape index (κ2) is 2.58. The second-order valence-corrected chi connectivity index (χ2v) is 4.24. The van der Waals surface area contributed by atoms with Gasteiger partial charge in [-0.25, -0.2) is 0 Å². The Labute approximate surface area is 77.7 Å². The summed E-state index contributed by atoms with van der Waals surface area (Å²) in [6.07, 6.45) is 7.25. The zero-order valence-corrected chi connectivity index (χ0v) is 7.70. The van der Waals surface area contributed by atoms with Gasteiger partial charge in [-0.1, -0.05) is 5.16 Å². The molecule has 3 rings (SSSR count). The number of hydrogen-bond acceptors (Lipinski definition) is 3. The van der Waals surface area contributed by atoms with Crippen molar-refractivity contribution in [1.29, 1.82) is 0 Å². The van der Waals surface area contributed by atoms with Gasteiger partial charge in [-0.05, 0) is 25.7 Å². The van der Waals surface area contributed by atoms with Crippen molar-refractivity contribution in [2.24, 2.45) is 0 Å². The Kier molecular flexibility index (Phi) is 1.50. The maximum atomic E-state index is 4.83. The summed E-state index contributed by atoms with van der Waals surface area (Å²) < 4.78 is 4.83. The highest BCUT2D eigenvalue weighted by Crippen LogP contribution is 2.47. The SMILES string of the molecule is c1cc(CN2CCC23CCC3)no1. The van der Waals surface area contributed by atoms with Gasteiger partial charge >= 0.3 is 0 Å². The Morgan fingerprint density at radius 1 is 1.46 bits per heavy atom. The minimum atomic E-state index is 0.582. The van der Waals surface area contributed by atoms with E-state index in [0.29, 0.717) is 5.54 Å². The van der Waals surface area contributed by atoms with Crippen molar-refractivity contribution in [1.82, 2.24) is 10.1 Å². The van der Waals surface area contributed by atoms with Crippen LogP contribution in [0.4, 0.5) is 0 Å². The van der Waals surface area contributed by atoms with E-state index >= 15 is 0 Å². The zero-order chi connectivity index (χ0) is 8.73. The average Bonchev–Trinajstić information content (AvgIpc) is 2.47. The van der Waals surface area contributed by atoms with Gasteiger partial charge in [0, 0.05) is 24.7 Å². The number of hydrogen-bond donors (Lipinski definition) is 0. The van der Waals surface area contributed by atoms with Gasteiger partial charge in [-0.15, -0.1) is 0 Å². The fraction of sp³-hybridized carbons (Fsp3) is 0.700. The van der Waals surface area contributed by atoms with Crippen LogP contribution in [0.5, 0.6) is 0 Å². The molecule has 0 radical (unpaired) electrons. The molecule has 1 aliphatic carbocycles. The van der Waals surface area contributed by atoms with E-state index in [9.17, 15) is 0 Å². The summed E-state index contributed by atoms with van der Waals surface area (Å²) >= 11 is 0. The highest BCUT2D eigenvalue weighted by atomic mass is 16.5. The maximum absolute atomic E-state index is 4.83. The molecule has 2 fully saturated rings. The Hall–Kier alpha value is -0.830. The summed E-state index contributed by atoms with van der Waals surface area (Å²) in [5, 5.41) is 3.95. The quantitative estimate of drug-likeness (QED) is 0.691. The van der Waals surface area contributed by atoms with Crippen LogP contribution in [0, 0.1) is 0 Å². The summed E-state index contributed by atoms with van der Waals surface area (Å²) in [4.78, 5) is 2.55. The summed E-state index contributed by atoms with van der Waals surface area (Å²) in [5.41, 5.74) is 1.66. The van der Waals surface area contributed by atoms with E-state index in [4.69, 9.17) is 4.52 Å². The zero-order valence-electron chi connectivity index (χ0n) is 7.70. The van der Waals surface area contributed by atoms with Crippen molar-refractivity contribution in [2.75, 3.05) is 6.54 Å². The topological polar surface area (TPSA) is 29.3 Å². The van der Waals surface area contributed by atoms with Gasteiger partial charge in [-0.3, -0.25) is 4.90 Å². The molecule has 2 aliphatic rings. The first-order valence-electron chi connectivity index (χ1n) is 5.03. The lowest BCUT2D eigenvalue weighted by molar-refractivity contribution is -0.0799. The second-order valence-electron chi connectivity index (χ2n) is 4.24. The lowest BCUT2D eigenvalue weighted by Gasteiger charge is -2.58. The summed E-state index contributed by atoms with van der Waals surface area (Å²) in [5.74, 6) is 0. The Morgan fingerprint density at radius 2 is 2.38 bits per heavy atom. The predicted octanol–water partition coefficient (Wildman–Crippen LogP) is 1.80. The molecule has 0 unspecified atom stereocenters. The number of nitrogens with zero attached hydrogens (tertiary/aromatic N) is 2. The maximum Gasteiger partial charge on any atom is 0.124 e. The van der Waals surface area contributed by atoms with Gasteiger partial charge in [-0.2, -0.15) is 0 Å². The molecule has 3 nitrogen and oxygen atoms in total. The van der Waals surface area contributed by atoms with E-state index in [1.54, 1.807) is 6.26 Å². The van der Waals surface area contributed by atoms with E-state index < -0.39 is 0 Å². The van der Waals surface area contributed by atoms with Crippen molar-refractivity contribution in [2.45, 2.75) is 37.8 Å². The van der Waals surface area contributed by atoms with E-state index in [1.165, 1.54) is 32.2 Å². The van der Waals surface area contributed by atoms with Crippen LogP contribution in [-0.4, -0.2) is 22.1 Å². The molecule has 70 valence electrons. The van der Waals surface area contributed by atoms with Crippen LogP contribution in [0.1, 0.15) is 31.4 Å². The first-order valence-corrected chi connectivity index (χ1v) is 5.03. The third kappa shape index (κ3) is 1.03. The van der Waals surface area contributed by atoms with Gasteiger partial charge in [0.15, 0.2) is 0 Å². The predicted molar refractivity (Wildman–Crippen MR) is 48.1 cm³/mol. The molecule has 1 saturated heterocycles. The fourth-order valence-electron chi connectivity index (χ4n) is 2.50. The molecule has 0 bridgehead atoms. The third-order valence-electron chi connectivity index (χ3n) is 3.65. The Balaban J connectivity index is 1.67. The highest BCUT2D eigenvalue weighted by Gasteiger charge is 2.48. The molecule has 3 heteroatoms. The van der Waals surface area contributed by atoms with Gasteiger partial charge in [0.2, 0.25) is 0 Å². The molecule has 1 aromatic heterocycles. The standard InChI is InChI=1S/C10H14N2O/c1-3-10(4-1)5-6-12(10)8-9-2-7-13-11-9/h2,7H,1,3-6,8H2. The molecule has 13 heavy (non-hydrogen) atoms. The van der Waals surface area contributed by atoms with Crippen molar-refractivity contribution in [3.63, 3.8) is 0 Å². The molecule has 1 aliphatic heterocycles. The van der Waals surface area contributed by atoms with Crippen LogP contribution >= 0.6 is 0 Å². The molecule has 0 N–H and O–H groups in total.